The summed E-state index contributed by atoms with van der Waals surface area (Å²) in [5.41, 5.74) is 7.41. The van der Waals surface area contributed by atoms with Crippen LogP contribution in [0, 0.1) is 5.92 Å². The Hall–Kier alpha value is -0.760. The second-order valence-electron chi connectivity index (χ2n) is 4.79. The fraction of sp³-hybridized carbons (Fsp3) is 0.692. The largest absolute Gasteiger partial charge is 0.472 e. The highest BCUT2D eigenvalue weighted by molar-refractivity contribution is 5.15. The van der Waals surface area contributed by atoms with Crippen LogP contribution in [-0.4, -0.2) is 6.04 Å². The number of rotatable bonds is 3. The second-order valence-corrected chi connectivity index (χ2v) is 4.79. The number of furan rings is 1. The van der Waals surface area contributed by atoms with Crippen LogP contribution in [-0.2, 0) is 0 Å². The summed E-state index contributed by atoms with van der Waals surface area (Å²) in [6, 6.07) is 2.49. The molecular weight excluding hydrogens is 186 g/mol. The van der Waals surface area contributed by atoms with Crippen molar-refractivity contribution in [1.29, 1.82) is 0 Å². The van der Waals surface area contributed by atoms with E-state index in [1.807, 2.05) is 6.26 Å². The molecule has 3 atom stereocenters. The summed E-state index contributed by atoms with van der Waals surface area (Å²) >= 11 is 0. The van der Waals surface area contributed by atoms with Gasteiger partial charge in [0.05, 0.1) is 12.5 Å². The highest BCUT2D eigenvalue weighted by atomic mass is 16.3. The highest BCUT2D eigenvalue weighted by Crippen LogP contribution is 2.39. The van der Waals surface area contributed by atoms with Crippen molar-refractivity contribution in [1.82, 2.24) is 0 Å². The van der Waals surface area contributed by atoms with Crippen molar-refractivity contribution in [2.24, 2.45) is 11.7 Å². The zero-order chi connectivity index (χ0) is 10.7. The molecular formula is C13H21NO. The Morgan fingerprint density at radius 2 is 2.33 bits per heavy atom. The number of hydrogen-bond acceptors (Lipinski definition) is 2. The van der Waals surface area contributed by atoms with Crippen LogP contribution in [0.1, 0.15) is 50.5 Å². The fourth-order valence-corrected chi connectivity index (χ4v) is 2.88. The smallest absolute Gasteiger partial charge is 0.0937 e. The van der Waals surface area contributed by atoms with Gasteiger partial charge in [-0.1, -0.05) is 19.8 Å². The van der Waals surface area contributed by atoms with Crippen molar-refractivity contribution in [2.45, 2.75) is 51.0 Å². The molecule has 1 fully saturated rings. The van der Waals surface area contributed by atoms with Crippen molar-refractivity contribution in [3.05, 3.63) is 24.2 Å². The van der Waals surface area contributed by atoms with Crippen LogP contribution in [0.2, 0.25) is 0 Å². The number of hydrogen-bond donors (Lipinski definition) is 1. The molecule has 1 saturated carbocycles. The van der Waals surface area contributed by atoms with Gasteiger partial charge < -0.3 is 10.2 Å². The Bertz CT molecular complexity index is 281. The van der Waals surface area contributed by atoms with Gasteiger partial charge >= 0.3 is 0 Å². The maximum absolute atomic E-state index is 6.06. The standard InChI is InChI=1S/C13H21NO/c1-2-3-10-4-5-12(14)8-13(10)11-6-7-15-9-11/h6-7,9-10,12-13H,2-5,8,14H2,1H3. The Labute approximate surface area is 91.8 Å². The third kappa shape index (κ3) is 2.43. The van der Waals surface area contributed by atoms with E-state index < -0.39 is 0 Å². The Morgan fingerprint density at radius 1 is 1.47 bits per heavy atom. The van der Waals surface area contributed by atoms with E-state index >= 15 is 0 Å². The lowest BCUT2D eigenvalue weighted by atomic mass is 9.72. The maximum atomic E-state index is 6.06. The lowest BCUT2D eigenvalue weighted by Crippen LogP contribution is -2.32. The topological polar surface area (TPSA) is 39.2 Å². The second kappa shape index (κ2) is 4.84. The first kappa shape index (κ1) is 10.7. The molecule has 2 N–H and O–H groups in total. The molecule has 0 radical (unpaired) electrons. The van der Waals surface area contributed by atoms with Gasteiger partial charge in [0.15, 0.2) is 0 Å². The van der Waals surface area contributed by atoms with Gasteiger partial charge in [0, 0.05) is 6.04 Å². The van der Waals surface area contributed by atoms with Gasteiger partial charge in [0.1, 0.15) is 0 Å². The first-order valence-electron chi connectivity index (χ1n) is 6.09. The third-order valence-corrected chi connectivity index (χ3v) is 3.66. The summed E-state index contributed by atoms with van der Waals surface area (Å²) in [6.45, 7) is 2.26. The van der Waals surface area contributed by atoms with E-state index in [2.05, 4.69) is 13.0 Å². The quantitative estimate of drug-likeness (QED) is 0.826. The summed E-state index contributed by atoms with van der Waals surface area (Å²) in [5, 5.41) is 0. The average molecular weight is 207 g/mol. The Balaban J connectivity index is 2.09. The van der Waals surface area contributed by atoms with Gasteiger partial charge in [-0.2, -0.15) is 0 Å². The van der Waals surface area contributed by atoms with Crippen LogP contribution in [0.15, 0.2) is 23.0 Å². The molecule has 1 aromatic rings. The molecule has 0 bridgehead atoms. The third-order valence-electron chi connectivity index (χ3n) is 3.66. The van der Waals surface area contributed by atoms with Crippen molar-refractivity contribution < 1.29 is 4.42 Å². The van der Waals surface area contributed by atoms with E-state index in [1.165, 1.54) is 31.2 Å². The highest BCUT2D eigenvalue weighted by Gasteiger charge is 2.29. The summed E-state index contributed by atoms with van der Waals surface area (Å²) < 4.78 is 5.19. The lowest BCUT2D eigenvalue weighted by molar-refractivity contribution is 0.264. The molecule has 2 heteroatoms. The minimum atomic E-state index is 0.387. The lowest BCUT2D eigenvalue weighted by Gasteiger charge is -2.34. The van der Waals surface area contributed by atoms with E-state index in [0.717, 1.165) is 12.3 Å². The first-order valence-corrected chi connectivity index (χ1v) is 6.09. The molecule has 15 heavy (non-hydrogen) atoms. The van der Waals surface area contributed by atoms with E-state index in [1.54, 1.807) is 6.26 Å². The maximum Gasteiger partial charge on any atom is 0.0937 e. The van der Waals surface area contributed by atoms with E-state index in [0.29, 0.717) is 12.0 Å². The summed E-state index contributed by atoms with van der Waals surface area (Å²) in [5.74, 6) is 1.44. The van der Waals surface area contributed by atoms with Gasteiger partial charge in [-0.3, -0.25) is 0 Å². The minimum Gasteiger partial charge on any atom is -0.472 e. The van der Waals surface area contributed by atoms with Crippen LogP contribution in [0.25, 0.3) is 0 Å². The molecule has 1 heterocycles. The SMILES string of the molecule is CCCC1CCC(N)CC1c1ccoc1. The van der Waals surface area contributed by atoms with E-state index in [9.17, 15) is 0 Å². The molecule has 0 spiro atoms. The molecule has 0 aliphatic heterocycles. The molecule has 3 unspecified atom stereocenters. The van der Waals surface area contributed by atoms with Gasteiger partial charge in [-0.05, 0) is 42.7 Å². The molecule has 0 aromatic carbocycles. The molecule has 84 valence electrons. The minimum absolute atomic E-state index is 0.387. The Kier molecular flexibility index (Phi) is 3.47. The van der Waals surface area contributed by atoms with Crippen LogP contribution in [0.4, 0.5) is 0 Å². The van der Waals surface area contributed by atoms with Crippen LogP contribution < -0.4 is 5.73 Å². The van der Waals surface area contributed by atoms with Crippen molar-refractivity contribution in [3.8, 4) is 0 Å². The van der Waals surface area contributed by atoms with Crippen molar-refractivity contribution in [2.75, 3.05) is 0 Å². The zero-order valence-corrected chi connectivity index (χ0v) is 9.49. The normalized spacial score (nSPS) is 31.7. The van der Waals surface area contributed by atoms with Gasteiger partial charge in [-0.25, -0.2) is 0 Å². The fourth-order valence-electron chi connectivity index (χ4n) is 2.88. The summed E-state index contributed by atoms with van der Waals surface area (Å²) in [7, 11) is 0. The van der Waals surface area contributed by atoms with Crippen LogP contribution in [0.5, 0.6) is 0 Å². The van der Waals surface area contributed by atoms with Gasteiger partial charge in [0.2, 0.25) is 0 Å². The summed E-state index contributed by atoms with van der Waals surface area (Å²) in [6.07, 6.45) is 9.87. The van der Waals surface area contributed by atoms with Gasteiger partial charge in [0.25, 0.3) is 0 Å². The first-order chi connectivity index (χ1) is 7.31. The molecule has 2 rings (SSSR count). The van der Waals surface area contributed by atoms with E-state index in [4.69, 9.17) is 10.2 Å². The van der Waals surface area contributed by atoms with Crippen LogP contribution in [0.3, 0.4) is 0 Å². The molecule has 0 amide bonds. The molecule has 1 aliphatic rings. The monoisotopic (exact) mass is 207 g/mol. The van der Waals surface area contributed by atoms with Gasteiger partial charge in [-0.15, -0.1) is 0 Å². The van der Waals surface area contributed by atoms with Crippen LogP contribution >= 0.6 is 0 Å². The molecule has 1 aromatic heterocycles. The molecule has 0 saturated heterocycles. The predicted molar refractivity (Wildman–Crippen MR) is 61.7 cm³/mol. The predicted octanol–water partition coefficient (Wildman–Crippen LogP) is 3.29. The average Bonchev–Trinajstić information content (AvgIpc) is 2.74. The zero-order valence-electron chi connectivity index (χ0n) is 9.49. The number of nitrogens with two attached hydrogens (primary N) is 1. The Morgan fingerprint density at radius 3 is 3.00 bits per heavy atom. The van der Waals surface area contributed by atoms with E-state index in [-0.39, 0.29) is 0 Å². The molecule has 1 aliphatic carbocycles. The summed E-state index contributed by atoms with van der Waals surface area (Å²) in [4.78, 5) is 0. The molecule has 2 nitrogen and oxygen atoms in total. The van der Waals surface area contributed by atoms with Crippen molar-refractivity contribution >= 4 is 0 Å². The van der Waals surface area contributed by atoms with Crippen molar-refractivity contribution in [3.63, 3.8) is 0 Å².